The first-order valence-corrected chi connectivity index (χ1v) is 9.34. The van der Waals surface area contributed by atoms with Crippen molar-refractivity contribution >= 4 is 22.4 Å². The van der Waals surface area contributed by atoms with Gasteiger partial charge < -0.3 is 5.32 Å². The van der Waals surface area contributed by atoms with Gasteiger partial charge in [-0.15, -0.1) is 0 Å². The zero-order valence-corrected chi connectivity index (χ0v) is 14.9. The minimum absolute atomic E-state index is 0.0476. The molecule has 1 saturated heterocycles. The maximum absolute atomic E-state index is 12.9. The quantitative estimate of drug-likeness (QED) is 0.744. The molecular formula is C23H24N2O. The van der Waals surface area contributed by atoms with E-state index >= 15 is 0 Å². The van der Waals surface area contributed by atoms with Crippen molar-refractivity contribution < 1.29 is 4.79 Å². The molecule has 3 aromatic carbocycles. The fourth-order valence-corrected chi connectivity index (χ4v) is 3.82. The molecule has 0 aliphatic carbocycles. The number of hydrogen-bond acceptors (Lipinski definition) is 2. The average molecular weight is 344 g/mol. The number of nitrogens with one attached hydrogen (secondary N) is 1. The maximum atomic E-state index is 12.9. The standard InChI is InChI=1S/C23H24N2O/c26-23(24-22-14-6-11-19-10-4-5-13-21(19)22)20-12-7-15-25(17-20)16-18-8-2-1-3-9-18/h1-6,8-11,13-14,20H,7,12,15-17H2,(H,24,26)/t20-/m1/s1. The lowest BCUT2D eigenvalue weighted by atomic mass is 9.96. The van der Waals surface area contributed by atoms with E-state index in [9.17, 15) is 4.79 Å². The largest absolute Gasteiger partial charge is 0.325 e. The van der Waals surface area contributed by atoms with Crippen LogP contribution in [0.3, 0.4) is 0 Å². The number of likely N-dealkylation sites (tertiary alicyclic amines) is 1. The molecular weight excluding hydrogens is 320 g/mol. The number of anilines is 1. The Bertz CT molecular complexity index is 886. The van der Waals surface area contributed by atoms with Gasteiger partial charge in [-0.05, 0) is 36.4 Å². The molecule has 0 saturated carbocycles. The minimum atomic E-state index is 0.0476. The third kappa shape index (κ3) is 3.78. The zero-order valence-electron chi connectivity index (χ0n) is 14.9. The number of carbonyl (C=O) groups is 1. The normalized spacial score (nSPS) is 17.9. The van der Waals surface area contributed by atoms with Gasteiger partial charge in [0, 0.05) is 24.2 Å². The molecule has 0 aromatic heterocycles. The van der Waals surface area contributed by atoms with E-state index in [4.69, 9.17) is 0 Å². The van der Waals surface area contributed by atoms with Crippen LogP contribution in [0.2, 0.25) is 0 Å². The first-order chi connectivity index (χ1) is 12.8. The summed E-state index contributed by atoms with van der Waals surface area (Å²) in [5.74, 6) is 0.186. The highest BCUT2D eigenvalue weighted by Crippen LogP contribution is 2.25. The summed E-state index contributed by atoms with van der Waals surface area (Å²) in [5, 5.41) is 5.42. The third-order valence-corrected chi connectivity index (χ3v) is 5.17. The Morgan fingerprint density at radius 2 is 1.73 bits per heavy atom. The van der Waals surface area contributed by atoms with Crippen molar-refractivity contribution in [1.82, 2.24) is 4.90 Å². The Morgan fingerprint density at radius 1 is 0.962 bits per heavy atom. The van der Waals surface area contributed by atoms with Crippen molar-refractivity contribution in [2.24, 2.45) is 5.92 Å². The summed E-state index contributed by atoms with van der Waals surface area (Å²) in [5.41, 5.74) is 2.22. The van der Waals surface area contributed by atoms with E-state index in [-0.39, 0.29) is 11.8 Å². The number of benzene rings is 3. The molecule has 1 aliphatic heterocycles. The molecule has 3 aromatic rings. The molecule has 26 heavy (non-hydrogen) atoms. The third-order valence-electron chi connectivity index (χ3n) is 5.17. The average Bonchev–Trinajstić information content (AvgIpc) is 2.69. The molecule has 3 nitrogen and oxygen atoms in total. The molecule has 1 heterocycles. The Hall–Kier alpha value is -2.65. The molecule has 132 valence electrons. The summed E-state index contributed by atoms with van der Waals surface area (Å²) >= 11 is 0. The summed E-state index contributed by atoms with van der Waals surface area (Å²) < 4.78 is 0. The van der Waals surface area contributed by atoms with Gasteiger partial charge in [-0.3, -0.25) is 9.69 Å². The highest BCUT2D eigenvalue weighted by molar-refractivity contribution is 6.02. The number of piperidine rings is 1. The summed E-state index contributed by atoms with van der Waals surface area (Å²) in [4.78, 5) is 15.3. The van der Waals surface area contributed by atoms with Crippen LogP contribution in [0.1, 0.15) is 18.4 Å². The van der Waals surface area contributed by atoms with Crippen molar-refractivity contribution in [2.75, 3.05) is 18.4 Å². The highest BCUT2D eigenvalue weighted by atomic mass is 16.1. The highest BCUT2D eigenvalue weighted by Gasteiger charge is 2.26. The molecule has 1 fully saturated rings. The van der Waals surface area contributed by atoms with Crippen LogP contribution >= 0.6 is 0 Å². The molecule has 1 atom stereocenters. The lowest BCUT2D eigenvalue weighted by molar-refractivity contribution is -0.121. The van der Waals surface area contributed by atoms with Gasteiger partial charge in [-0.25, -0.2) is 0 Å². The topological polar surface area (TPSA) is 32.3 Å². The second-order valence-electron chi connectivity index (χ2n) is 7.08. The predicted molar refractivity (Wildman–Crippen MR) is 107 cm³/mol. The molecule has 0 bridgehead atoms. The van der Waals surface area contributed by atoms with Crippen molar-refractivity contribution in [1.29, 1.82) is 0 Å². The molecule has 1 amide bonds. The monoisotopic (exact) mass is 344 g/mol. The van der Waals surface area contributed by atoms with Gasteiger partial charge in [0.15, 0.2) is 0 Å². The Kier molecular flexibility index (Phi) is 4.98. The van der Waals surface area contributed by atoms with E-state index in [0.717, 1.165) is 48.9 Å². The molecule has 3 heteroatoms. The fourth-order valence-electron chi connectivity index (χ4n) is 3.82. The van der Waals surface area contributed by atoms with Gasteiger partial charge in [-0.2, -0.15) is 0 Å². The predicted octanol–water partition coefficient (Wildman–Crippen LogP) is 4.69. The van der Waals surface area contributed by atoms with Crippen molar-refractivity contribution in [2.45, 2.75) is 19.4 Å². The maximum Gasteiger partial charge on any atom is 0.228 e. The van der Waals surface area contributed by atoms with Crippen LogP contribution in [0.25, 0.3) is 10.8 Å². The number of carbonyl (C=O) groups excluding carboxylic acids is 1. The Balaban J connectivity index is 1.44. The summed E-state index contributed by atoms with van der Waals surface area (Å²) in [6.45, 7) is 2.80. The van der Waals surface area contributed by atoms with E-state index in [1.54, 1.807) is 0 Å². The number of fused-ring (bicyclic) bond motifs is 1. The fraction of sp³-hybridized carbons (Fsp3) is 0.261. The van der Waals surface area contributed by atoms with Gasteiger partial charge in [0.05, 0.1) is 5.92 Å². The first-order valence-electron chi connectivity index (χ1n) is 9.34. The van der Waals surface area contributed by atoms with Gasteiger partial charge in [0.25, 0.3) is 0 Å². The lowest BCUT2D eigenvalue weighted by Crippen LogP contribution is -2.40. The van der Waals surface area contributed by atoms with Crippen LogP contribution in [0, 0.1) is 5.92 Å². The lowest BCUT2D eigenvalue weighted by Gasteiger charge is -2.32. The SMILES string of the molecule is O=C(Nc1cccc2ccccc12)[C@@H]1CCCN(Cc2ccccc2)C1. The van der Waals surface area contributed by atoms with Crippen molar-refractivity contribution in [3.63, 3.8) is 0 Å². The van der Waals surface area contributed by atoms with Crippen LogP contribution in [0.15, 0.2) is 72.8 Å². The second kappa shape index (κ2) is 7.71. The van der Waals surface area contributed by atoms with E-state index in [0.29, 0.717) is 0 Å². The summed E-state index contributed by atoms with van der Waals surface area (Å²) in [6.07, 6.45) is 2.03. The van der Waals surface area contributed by atoms with Crippen LogP contribution in [0.4, 0.5) is 5.69 Å². The zero-order chi connectivity index (χ0) is 17.8. The smallest absolute Gasteiger partial charge is 0.228 e. The summed E-state index contributed by atoms with van der Waals surface area (Å²) in [7, 11) is 0. The molecule has 0 unspecified atom stereocenters. The van der Waals surface area contributed by atoms with E-state index in [1.807, 2.05) is 30.3 Å². The van der Waals surface area contributed by atoms with E-state index in [2.05, 4.69) is 52.7 Å². The number of nitrogens with zero attached hydrogens (tertiary/aromatic N) is 1. The van der Waals surface area contributed by atoms with E-state index in [1.165, 1.54) is 5.56 Å². The molecule has 1 aliphatic rings. The summed E-state index contributed by atoms with van der Waals surface area (Å²) in [6, 6.07) is 24.7. The van der Waals surface area contributed by atoms with Gasteiger partial charge in [0.2, 0.25) is 5.91 Å². The van der Waals surface area contributed by atoms with Gasteiger partial charge in [0.1, 0.15) is 0 Å². The van der Waals surface area contributed by atoms with Crippen LogP contribution < -0.4 is 5.32 Å². The Labute approximate surface area is 154 Å². The number of amides is 1. The minimum Gasteiger partial charge on any atom is -0.325 e. The van der Waals surface area contributed by atoms with Crippen LogP contribution in [-0.4, -0.2) is 23.9 Å². The second-order valence-corrected chi connectivity index (χ2v) is 7.08. The van der Waals surface area contributed by atoms with Gasteiger partial charge >= 0.3 is 0 Å². The number of hydrogen-bond donors (Lipinski definition) is 1. The molecule has 0 spiro atoms. The van der Waals surface area contributed by atoms with Gasteiger partial charge in [-0.1, -0.05) is 66.7 Å². The first kappa shape index (κ1) is 16.8. The van der Waals surface area contributed by atoms with Crippen molar-refractivity contribution in [3.8, 4) is 0 Å². The molecule has 1 N–H and O–H groups in total. The molecule has 0 radical (unpaired) electrons. The van der Waals surface area contributed by atoms with Crippen LogP contribution in [-0.2, 0) is 11.3 Å². The van der Waals surface area contributed by atoms with Crippen molar-refractivity contribution in [3.05, 3.63) is 78.4 Å². The number of rotatable bonds is 4. The molecule has 4 rings (SSSR count). The Morgan fingerprint density at radius 3 is 2.62 bits per heavy atom. The van der Waals surface area contributed by atoms with E-state index < -0.39 is 0 Å². The van der Waals surface area contributed by atoms with Crippen LogP contribution in [0.5, 0.6) is 0 Å².